The molecule has 0 bridgehead atoms. The Labute approximate surface area is 82.0 Å². The van der Waals surface area contributed by atoms with Gasteiger partial charge in [-0.3, -0.25) is 0 Å². The van der Waals surface area contributed by atoms with Gasteiger partial charge in [0.2, 0.25) is 0 Å². The van der Waals surface area contributed by atoms with E-state index in [-0.39, 0.29) is 0 Å². The molecule has 0 atom stereocenters. The number of rotatable bonds is 3. The molecule has 0 unspecified atom stereocenters. The molecule has 72 valence electrons. The van der Waals surface area contributed by atoms with Crippen molar-refractivity contribution >= 4 is 11.1 Å². The van der Waals surface area contributed by atoms with Crippen LogP contribution in [0.2, 0.25) is 0 Å². The van der Waals surface area contributed by atoms with Crippen molar-refractivity contribution < 1.29 is 9.15 Å². The number of fused-ring (bicyclic) bond motifs is 1. The van der Waals surface area contributed by atoms with E-state index in [4.69, 9.17) is 9.15 Å². The van der Waals surface area contributed by atoms with Crippen LogP contribution in [0.4, 0.5) is 0 Å². The quantitative estimate of drug-likeness (QED) is 0.696. The van der Waals surface area contributed by atoms with Crippen LogP contribution in [0.3, 0.4) is 0 Å². The molecule has 0 radical (unpaired) electrons. The van der Waals surface area contributed by atoms with E-state index in [1.54, 1.807) is 6.08 Å². The Morgan fingerprint density at radius 3 is 3.21 bits per heavy atom. The van der Waals surface area contributed by atoms with E-state index in [0.717, 1.165) is 16.8 Å². The lowest BCUT2D eigenvalue weighted by Crippen LogP contribution is -1.91. The van der Waals surface area contributed by atoms with Crippen LogP contribution in [0.1, 0.15) is 5.89 Å². The summed E-state index contributed by atoms with van der Waals surface area (Å²) in [7, 11) is 0. The number of nitrogens with zero attached hydrogens (tertiary/aromatic N) is 1. The van der Waals surface area contributed by atoms with Crippen LogP contribution in [-0.2, 0) is 0 Å². The van der Waals surface area contributed by atoms with Crippen molar-refractivity contribution in [1.82, 2.24) is 4.98 Å². The Bertz CT molecular complexity index is 459. The first-order valence-corrected chi connectivity index (χ1v) is 4.40. The van der Waals surface area contributed by atoms with E-state index in [0.29, 0.717) is 12.5 Å². The third-order valence-corrected chi connectivity index (χ3v) is 1.83. The highest BCUT2D eigenvalue weighted by atomic mass is 16.5. The van der Waals surface area contributed by atoms with Crippen molar-refractivity contribution in [3.8, 4) is 5.75 Å². The van der Waals surface area contributed by atoms with Crippen molar-refractivity contribution in [2.75, 3.05) is 6.61 Å². The first-order chi connectivity index (χ1) is 6.79. The highest BCUT2D eigenvalue weighted by molar-refractivity contribution is 5.74. The van der Waals surface area contributed by atoms with E-state index in [1.807, 2.05) is 25.1 Å². The molecular formula is C11H11NO2. The van der Waals surface area contributed by atoms with Crippen molar-refractivity contribution in [3.05, 3.63) is 36.7 Å². The van der Waals surface area contributed by atoms with Gasteiger partial charge in [0.05, 0.1) is 0 Å². The molecule has 0 aliphatic heterocycles. The Balaban J connectivity index is 2.35. The first kappa shape index (κ1) is 8.81. The van der Waals surface area contributed by atoms with Gasteiger partial charge in [-0.25, -0.2) is 4.98 Å². The molecule has 0 spiro atoms. The highest BCUT2D eigenvalue weighted by Crippen LogP contribution is 2.20. The third-order valence-electron chi connectivity index (χ3n) is 1.83. The zero-order valence-electron chi connectivity index (χ0n) is 7.99. The molecule has 0 fully saturated rings. The molecule has 14 heavy (non-hydrogen) atoms. The molecule has 2 aromatic rings. The maximum Gasteiger partial charge on any atom is 0.192 e. The molecule has 0 aliphatic rings. The smallest absolute Gasteiger partial charge is 0.192 e. The van der Waals surface area contributed by atoms with Crippen molar-refractivity contribution in [1.29, 1.82) is 0 Å². The van der Waals surface area contributed by atoms with E-state index in [1.165, 1.54) is 0 Å². The summed E-state index contributed by atoms with van der Waals surface area (Å²) < 4.78 is 10.7. The van der Waals surface area contributed by atoms with E-state index in [9.17, 15) is 0 Å². The van der Waals surface area contributed by atoms with Gasteiger partial charge in [0.15, 0.2) is 11.5 Å². The number of oxazole rings is 1. The van der Waals surface area contributed by atoms with Crippen molar-refractivity contribution in [3.63, 3.8) is 0 Å². The Kier molecular flexibility index (Phi) is 2.23. The second-order valence-corrected chi connectivity index (χ2v) is 2.96. The standard InChI is InChI=1S/C11H11NO2/c1-3-6-13-9-4-5-11-10(7-9)12-8(2)14-11/h3-5,7H,1,6H2,2H3. The summed E-state index contributed by atoms with van der Waals surface area (Å²) in [5.41, 5.74) is 1.61. The molecule has 0 amide bonds. The second kappa shape index (κ2) is 3.54. The van der Waals surface area contributed by atoms with Crippen LogP contribution in [0.5, 0.6) is 5.75 Å². The lowest BCUT2D eigenvalue weighted by atomic mass is 10.3. The van der Waals surface area contributed by atoms with Crippen LogP contribution in [-0.4, -0.2) is 11.6 Å². The largest absolute Gasteiger partial charge is 0.489 e. The first-order valence-electron chi connectivity index (χ1n) is 4.40. The van der Waals surface area contributed by atoms with Gasteiger partial charge in [-0.05, 0) is 12.1 Å². The summed E-state index contributed by atoms with van der Waals surface area (Å²) in [6.07, 6.45) is 1.71. The monoisotopic (exact) mass is 189 g/mol. The zero-order valence-corrected chi connectivity index (χ0v) is 7.99. The number of aryl methyl sites for hydroxylation is 1. The molecule has 0 saturated carbocycles. The molecule has 3 heteroatoms. The third kappa shape index (κ3) is 1.62. The minimum atomic E-state index is 0.502. The highest BCUT2D eigenvalue weighted by Gasteiger charge is 2.02. The van der Waals surface area contributed by atoms with Crippen LogP contribution in [0, 0.1) is 6.92 Å². The minimum Gasteiger partial charge on any atom is -0.489 e. The number of aromatic nitrogens is 1. The average molecular weight is 189 g/mol. The van der Waals surface area contributed by atoms with Gasteiger partial charge in [0, 0.05) is 13.0 Å². The molecule has 0 N–H and O–H groups in total. The summed E-state index contributed by atoms with van der Waals surface area (Å²) >= 11 is 0. The van der Waals surface area contributed by atoms with Crippen molar-refractivity contribution in [2.45, 2.75) is 6.92 Å². The van der Waals surface area contributed by atoms with Crippen molar-refractivity contribution in [2.24, 2.45) is 0 Å². The molecule has 1 heterocycles. The SMILES string of the molecule is C=CCOc1ccc2oc(C)nc2c1. The molecule has 0 aliphatic carbocycles. The Hall–Kier alpha value is -1.77. The molecule has 3 nitrogen and oxygen atoms in total. The fourth-order valence-electron chi connectivity index (χ4n) is 1.27. The van der Waals surface area contributed by atoms with E-state index >= 15 is 0 Å². The summed E-state index contributed by atoms with van der Waals surface area (Å²) in [5, 5.41) is 0. The van der Waals surface area contributed by atoms with Crippen LogP contribution in [0.25, 0.3) is 11.1 Å². The Morgan fingerprint density at radius 1 is 1.57 bits per heavy atom. The average Bonchev–Trinajstić information content (AvgIpc) is 2.54. The fourth-order valence-corrected chi connectivity index (χ4v) is 1.27. The lowest BCUT2D eigenvalue weighted by Gasteiger charge is -2.00. The Morgan fingerprint density at radius 2 is 2.43 bits per heavy atom. The maximum atomic E-state index is 5.37. The summed E-state index contributed by atoms with van der Waals surface area (Å²) in [5.74, 6) is 1.45. The number of ether oxygens (including phenoxy) is 1. The number of hydrogen-bond acceptors (Lipinski definition) is 3. The summed E-state index contributed by atoms with van der Waals surface area (Å²) in [6.45, 7) is 5.91. The number of benzene rings is 1. The van der Waals surface area contributed by atoms with Gasteiger partial charge in [-0.1, -0.05) is 12.7 Å². The maximum absolute atomic E-state index is 5.37. The minimum absolute atomic E-state index is 0.502. The van der Waals surface area contributed by atoms with Gasteiger partial charge in [-0.2, -0.15) is 0 Å². The predicted molar refractivity (Wildman–Crippen MR) is 54.4 cm³/mol. The second-order valence-electron chi connectivity index (χ2n) is 2.96. The van der Waals surface area contributed by atoms with Gasteiger partial charge in [-0.15, -0.1) is 0 Å². The zero-order chi connectivity index (χ0) is 9.97. The number of hydrogen-bond donors (Lipinski definition) is 0. The molecular weight excluding hydrogens is 178 g/mol. The van der Waals surface area contributed by atoms with Gasteiger partial charge < -0.3 is 9.15 Å². The molecule has 1 aromatic carbocycles. The topological polar surface area (TPSA) is 35.3 Å². The molecule has 1 aromatic heterocycles. The predicted octanol–water partition coefficient (Wildman–Crippen LogP) is 2.70. The molecule has 0 saturated heterocycles. The van der Waals surface area contributed by atoms with E-state index < -0.39 is 0 Å². The van der Waals surface area contributed by atoms with Gasteiger partial charge in [0.1, 0.15) is 17.9 Å². The molecule has 2 rings (SSSR count). The normalized spacial score (nSPS) is 10.4. The van der Waals surface area contributed by atoms with Gasteiger partial charge in [0.25, 0.3) is 0 Å². The van der Waals surface area contributed by atoms with Gasteiger partial charge >= 0.3 is 0 Å². The fraction of sp³-hybridized carbons (Fsp3) is 0.182. The summed E-state index contributed by atoms with van der Waals surface area (Å²) in [6, 6.07) is 5.57. The lowest BCUT2D eigenvalue weighted by molar-refractivity contribution is 0.363. The van der Waals surface area contributed by atoms with Crippen LogP contribution in [0.15, 0.2) is 35.3 Å². The van der Waals surface area contributed by atoms with Crippen LogP contribution >= 0.6 is 0 Å². The summed E-state index contributed by atoms with van der Waals surface area (Å²) in [4.78, 5) is 4.21. The van der Waals surface area contributed by atoms with E-state index in [2.05, 4.69) is 11.6 Å². The van der Waals surface area contributed by atoms with Crippen LogP contribution < -0.4 is 4.74 Å².